The summed E-state index contributed by atoms with van der Waals surface area (Å²) in [6, 6.07) is 2.54. The molecule has 9 heteroatoms. The van der Waals surface area contributed by atoms with Crippen LogP contribution in [0.2, 0.25) is 0 Å². The van der Waals surface area contributed by atoms with Crippen LogP contribution >= 0.6 is 0 Å². The molecule has 1 aromatic heterocycles. The first-order chi connectivity index (χ1) is 8.18. The zero-order chi connectivity index (χ0) is 14.0. The predicted octanol–water partition coefficient (Wildman–Crippen LogP) is 1.31. The van der Waals surface area contributed by atoms with Gasteiger partial charge >= 0.3 is 6.18 Å². The number of alkyl halides is 3. The van der Waals surface area contributed by atoms with E-state index in [0.717, 1.165) is 7.05 Å². The van der Waals surface area contributed by atoms with Crippen molar-refractivity contribution in [1.82, 2.24) is 9.29 Å². The average Bonchev–Trinajstić information content (AvgIpc) is 2.26. The predicted molar refractivity (Wildman–Crippen MR) is 59.7 cm³/mol. The Balaban J connectivity index is 3.14. The summed E-state index contributed by atoms with van der Waals surface area (Å²) in [5.74, 6) is 0.00604. The first-order valence-electron chi connectivity index (χ1n) is 4.84. The van der Waals surface area contributed by atoms with Crippen LogP contribution in [0.4, 0.5) is 19.0 Å². The summed E-state index contributed by atoms with van der Waals surface area (Å²) in [7, 11) is -1.92. The lowest BCUT2D eigenvalue weighted by Crippen LogP contribution is -2.36. The van der Waals surface area contributed by atoms with Gasteiger partial charge in [0.05, 0.1) is 0 Å². The van der Waals surface area contributed by atoms with E-state index in [0.29, 0.717) is 0 Å². The lowest BCUT2D eigenvalue weighted by molar-refractivity contribution is -0.134. The van der Waals surface area contributed by atoms with Gasteiger partial charge in [0.15, 0.2) is 0 Å². The van der Waals surface area contributed by atoms with Crippen molar-refractivity contribution in [3.05, 3.63) is 18.3 Å². The van der Waals surface area contributed by atoms with Crippen molar-refractivity contribution in [3.8, 4) is 0 Å². The fraction of sp³-hybridized carbons (Fsp3) is 0.444. The summed E-state index contributed by atoms with van der Waals surface area (Å²) in [6.45, 7) is -1.55. The van der Waals surface area contributed by atoms with Gasteiger partial charge in [0.2, 0.25) is 10.0 Å². The van der Waals surface area contributed by atoms with Crippen LogP contribution in [0.1, 0.15) is 0 Å². The van der Waals surface area contributed by atoms with Crippen molar-refractivity contribution < 1.29 is 21.6 Å². The van der Waals surface area contributed by atoms with Crippen molar-refractivity contribution >= 4 is 15.8 Å². The third kappa shape index (κ3) is 3.33. The number of halogens is 3. The molecule has 0 amide bonds. The molecule has 0 atom stereocenters. The molecule has 1 heterocycles. The number of rotatable bonds is 4. The van der Waals surface area contributed by atoms with E-state index < -0.39 is 22.7 Å². The van der Waals surface area contributed by atoms with Gasteiger partial charge in [-0.25, -0.2) is 13.4 Å². The maximum Gasteiger partial charge on any atom is 0.402 e. The second kappa shape index (κ2) is 5.11. The Morgan fingerprint density at radius 3 is 2.56 bits per heavy atom. The molecule has 0 radical (unpaired) electrons. The SMILES string of the molecule is CNc1ncccc1S(=O)(=O)N(C)CC(F)(F)F. The third-order valence-electron chi connectivity index (χ3n) is 2.10. The lowest BCUT2D eigenvalue weighted by Gasteiger charge is -2.19. The Morgan fingerprint density at radius 1 is 1.44 bits per heavy atom. The lowest BCUT2D eigenvalue weighted by atomic mass is 10.5. The molecule has 0 fully saturated rings. The van der Waals surface area contributed by atoms with Crippen molar-refractivity contribution in [3.63, 3.8) is 0 Å². The molecule has 0 saturated heterocycles. The molecule has 0 aromatic carbocycles. The highest BCUT2D eigenvalue weighted by molar-refractivity contribution is 7.89. The fourth-order valence-electron chi connectivity index (χ4n) is 1.29. The zero-order valence-corrected chi connectivity index (χ0v) is 10.5. The van der Waals surface area contributed by atoms with E-state index in [4.69, 9.17) is 0 Å². The van der Waals surface area contributed by atoms with Crippen molar-refractivity contribution in [1.29, 1.82) is 0 Å². The zero-order valence-electron chi connectivity index (χ0n) is 9.69. The molecule has 0 aliphatic heterocycles. The number of aromatic nitrogens is 1. The van der Waals surface area contributed by atoms with Gasteiger partial charge < -0.3 is 5.32 Å². The Hall–Kier alpha value is -1.35. The smallest absolute Gasteiger partial charge is 0.372 e. The molecular weight excluding hydrogens is 271 g/mol. The van der Waals surface area contributed by atoms with E-state index in [-0.39, 0.29) is 15.0 Å². The Morgan fingerprint density at radius 2 is 2.06 bits per heavy atom. The van der Waals surface area contributed by atoms with Gasteiger partial charge in [0, 0.05) is 20.3 Å². The van der Waals surface area contributed by atoms with Gasteiger partial charge in [-0.15, -0.1) is 0 Å². The molecule has 5 nitrogen and oxygen atoms in total. The summed E-state index contributed by atoms with van der Waals surface area (Å²) in [4.78, 5) is 3.45. The second-order valence-corrected chi connectivity index (χ2v) is 5.49. The number of anilines is 1. The quantitative estimate of drug-likeness (QED) is 0.905. The number of nitrogens with one attached hydrogen (secondary N) is 1. The number of pyridine rings is 1. The van der Waals surface area contributed by atoms with Crippen molar-refractivity contribution in [2.45, 2.75) is 11.1 Å². The standard InChI is InChI=1S/C9H12F3N3O2S/c1-13-8-7(4-3-5-14-8)18(16,17)15(2)6-9(10,11)12/h3-5H,6H2,1-2H3,(H,13,14). The van der Waals surface area contributed by atoms with E-state index in [2.05, 4.69) is 10.3 Å². The highest BCUT2D eigenvalue weighted by Gasteiger charge is 2.35. The van der Waals surface area contributed by atoms with Gasteiger partial charge in [0.25, 0.3) is 0 Å². The number of nitrogens with zero attached hydrogens (tertiary/aromatic N) is 2. The summed E-state index contributed by atoms with van der Waals surface area (Å²) >= 11 is 0. The Kier molecular flexibility index (Phi) is 4.17. The Labute approximate surface area is 103 Å². The minimum atomic E-state index is -4.59. The minimum absolute atomic E-state index is 0.00604. The van der Waals surface area contributed by atoms with Crippen LogP contribution in [0.3, 0.4) is 0 Å². The van der Waals surface area contributed by atoms with Crippen LogP contribution in [0.5, 0.6) is 0 Å². The third-order valence-corrected chi connectivity index (χ3v) is 3.93. The topological polar surface area (TPSA) is 62.3 Å². The Bertz CT molecular complexity index is 516. The molecule has 0 spiro atoms. The monoisotopic (exact) mass is 283 g/mol. The van der Waals surface area contributed by atoms with Gasteiger partial charge in [-0.3, -0.25) is 0 Å². The highest BCUT2D eigenvalue weighted by atomic mass is 32.2. The summed E-state index contributed by atoms with van der Waals surface area (Å²) < 4.78 is 60.7. The molecule has 102 valence electrons. The van der Waals surface area contributed by atoms with Crippen LogP contribution in [-0.2, 0) is 10.0 Å². The first kappa shape index (κ1) is 14.7. The minimum Gasteiger partial charge on any atom is -0.372 e. The van der Waals surface area contributed by atoms with Crippen LogP contribution < -0.4 is 5.32 Å². The van der Waals surface area contributed by atoms with Crippen LogP contribution in [0.25, 0.3) is 0 Å². The summed E-state index contributed by atoms with van der Waals surface area (Å²) in [5, 5.41) is 2.52. The second-order valence-electron chi connectivity index (χ2n) is 3.48. The number of hydrogen-bond acceptors (Lipinski definition) is 4. The molecule has 0 saturated carbocycles. The molecule has 0 bridgehead atoms. The van der Waals surface area contributed by atoms with E-state index in [1.54, 1.807) is 0 Å². The molecule has 1 rings (SSSR count). The van der Waals surface area contributed by atoms with E-state index in [9.17, 15) is 21.6 Å². The maximum absolute atomic E-state index is 12.2. The summed E-state index contributed by atoms with van der Waals surface area (Å²) in [6.07, 6.45) is -3.25. The molecular formula is C9H12F3N3O2S. The number of hydrogen-bond donors (Lipinski definition) is 1. The van der Waals surface area contributed by atoms with E-state index >= 15 is 0 Å². The van der Waals surface area contributed by atoms with E-state index in [1.807, 2.05) is 0 Å². The molecule has 0 aliphatic rings. The van der Waals surface area contributed by atoms with Crippen LogP contribution in [-0.4, -0.2) is 44.5 Å². The van der Waals surface area contributed by atoms with Gasteiger partial charge in [-0.2, -0.15) is 17.5 Å². The molecule has 0 aliphatic carbocycles. The first-order valence-corrected chi connectivity index (χ1v) is 6.28. The van der Waals surface area contributed by atoms with Crippen LogP contribution in [0, 0.1) is 0 Å². The number of sulfonamides is 1. The largest absolute Gasteiger partial charge is 0.402 e. The van der Waals surface area contributed by atoms with Gasteiger partial charge in [-0.1, -0.05) is 0 Å². The van der Waals surface area contributed by atoms with Gasteiger partial charge in [0.1, 0.15) is 17.3 Å². The molecule has 0 unspecified atom stereocenters. The molecule has 1 N–H and O–H groups in total. The van der Waals surface area contributed by atoms with Crippen molar-refractivity contribution in [2.24, 2.45) is 0 Å². The maximum atomic E-state index is 12.2. The highest BCUT2D eigenvalue weighted by Crippen LogP contribution is 2.24. The summed E-state index contributed by atoms with van der Waals surface area (Å²) in [5.41, 5.74) is 0. The normalized spacial score (nSPS) is 12.8. The van der Waals surface area contributed by atoms with Gasteiger partial charge in [-0.05, 0) is 12.1 Å². The van der Waals surface area contributed by atoms with Crippen molar-refractivity contribution in [2.75, 3.05) is 26.0 Å². The average molecular weight is 283 g/mol. The van der Waals surface area contributed by atoms with Crippen LogP contribution in [0.15, 0.2) is 23.2 Å². The molecule has 18 heavy (non-hydrogen) atoms. The van der Waals surface area contributed by atoms with E-state index in [1.165, 1.54) is 25.4 Å². The fourth-order valence-corrected chi connectivity index (χ4v) is 2.59. The molecule has 1 aromatic rings.